The van der Waals surface area contributed by atoms with Crippen molar-refractivity contribution in [2.24, 2.45) is 35.0 Å². The van der Waals surface area contributed by atoms with Gasteiger partial charge in [-0.05, 0) is 81.8 Å². The van der Waals surface area contributed by atoms with E-state index in [9.17, 15) is 9.59 Å². The SMILES string of the molecule is CC(C)C/C=C(\SCC1=CC(C(C)(C)C)C(C)C(C(C)C)C1)C1=C2C(=O)NC(C3=CCC(c4cc(C(C)(C)C)cc(C(C)(C)C)c4)S3)=C2C(=O)N1. The van der Waals surface area contributed by atoms with Gasteiger partial charge in [0.05, 0.1) is 22.5 Å². The summed E-state index contributed by atoms with van der Waals surface area (Å²) in [5, 5.41) is 6.57. The number of carbonyl (C=O) groups excluding carboxylic acids is 2. The zero-order chi connectivity index (χ0) is 37.8. The molecule has 0 saturated heterocycles. The highest BCUT2D eigenvalue weighted by Crippen LogP contribution is 2.51. The molecule has 3 heterocycles. The van der Waals surface area contributed by atoms with Crippen LogP contribution in [-0.4, -0.2) is 17.6 Å². The molecule has 0 bridgehead atoms. The largest absolute Gasteiger partial charge is 0.320 e. The summed E-state index contributed by atoms with van der Waals surface area (Å²) in [7, 11) is 0. The number of carbonyl (C=O) groups is 2. The molecule has 1 aromatic rings. The van der Waals surface area contributed by atoms with Crippen molar-refractivity contribution in [1.29, 1.82) is 0 Å². The van der Waals surface area contributed by atoms with Crippen LogP contribution >= 0.6 is 23.5 Å². The molecule has 0 spiro atoms. The van der Waals surface area contributed by atoms with E-state index in [1.165, 1.54) is 22.3 Å². The zero-order valence-electron chi connectivity index (χ0n) is 33.9. The Labute approximate surface area is 318 Å². The number of rotatable bonds is 9. The van der Waals surface area contributed by atoms with Crippen molar-refractivity contribution in [3.63, 3.8) is 0 Å². The van der Waals surface area contributed by atoms with Crippen LogP contribution in [0.1, 0.15) is 138 Å². The van der Waals surface area contributed by atoms with Crippen LogP contribution in [0.2, 0.25) is 0 Å². The third kappa shape index (κ3) is 8.69. The molecule has 0 fully saturated rings. The molecule has 0 aromatic heterocycles. The highest BCUT2D eigenvalue weighted by Gasteiger charge is 2.43. The summed E-state index contributed by atoms with van der Waals surface area (Å²) in [4.78, 5) is 29.6. The van der Waals surface area contributed by atoms with Gasteiger partial charge in [0, 0.05) is 20.8 Å². The minimum absolute atomic E-state index is 0.0345. The topological polar surface area (TPSA) is 58.2 Å². The van der Waals surface area contributed by atoms with Gasteiger partial charge >= 0.3 is 0 Å². The Bertz CT molecular complexity index is 1680. The van der Waals surface area contributed by atoms with Crippen molar-refractivity contribution in [1.82, 2.24) is 10.6 Å². The zero-order valence-corrected chi connectivity index (χ0v) is 35.5. The van der Waals surface area contributed by atoms with E-state index in [-0.39, 0.29) is 33.3 Å². The summed E-state index contributed by atoms with van der Waals surface area (Å²) in [5.74, 6) is 3.36. The van der Waals surface area contributed by atoms with E-state index in [1.807, 2.05) is 0 Å². The molecule has 0 radical (unpaired) electrons. The number of fused-ring (bicyclic) bond motifs is 1. The number of nitrogens with one attached hydrogen (secondary N) is 2. The minimum Gasteiger partial charge on any atom is -0.320 e. The number of thioether (sulfide) groups is 2. The summed E-state index contributed by atoms with van der Waals surface area (Å²) in [5.41, 5.74) is 8.09. The average molecular weight is 729 g/mol. The van der Waals surface area contributed by atoms with Crippen molar-refractivity contribution < 1.29 is 9.59 Å². The second kappa shape index (κ2) is 14.8. The normalized spacial score (nSPS) is 24.8. The number of amides is 2. The van der Waals surface area contributed by atoms with E-state index in [4.69, 9.17) is 0 Å². The quantitative estimate of drug-likeness (QED) is 0.249. The van der Waals surface area contributed by atoms with Crippen LogP contribution < -0.4 is 10.6 Å². The number of allylic oxidation sites excluding steroid dienone is 3. The molecule has 0 saturated carbocycles. The Kier molecular flexibility index (Phi) is 11.5. The Morgan fingerprint density at radius 3 is 2.06 bits per heavy atom. The van der Waals surface area contributed by atoms with Gasteiger partial charge in [-0.2, -0.15) is 0 Å². The molecule has 2 N–H and O–H groups in total. The summed E-state index contributed by atoms with van der Waals surface area (Å²) in [6, 6.07) is 7.08. The molecular formula is C45H64N2O2S2. The third-order valence-corrected chi connectivity index (χ3v) is 13.8. The second-order valence-electron chi connectivity index (χ2n) is 19.3. The van der Waals surface area contributed by atoms with Crippen LogP contribution in [0.5, 0.6) is 0 Å². The van der Waals surface area contributed by atoms with Crippen LogP contribution in [0.25, 0.3) is 0 Å². The Hall–Kier alpha value is -2.44. The molecule has 2 amide bonds. The fraction of sp³-hybridized carbons (Fsp3) is 0.600. The van der Waals surface area contributed by atoms with Gasteiger partial charge in [-0.1, -0.05) is 139 Å². The molecule has 5 rings (SSSR count). The number of benzene rings is 1. The van der Waals surface area contributed by atoms with Crippen LogP contribution in [0, 0.1) is 35.0 Å². The molecule has 1 aromatic carbocycles. The maximum absolute atomic E-state index is 13.8. The lowest BCUT2D eigenvalue weighted by atomic mass is 9.62. The standard InChI is InChI=1S/C45H64N2O2S2/c1-25(2)15-16-35(50-24-28-19-32(26(3)4)27(5)33(20-28)45(12,13)14)39-37-38(42(49)46-39)40(47-41(37)48)36-18-17-34(51-36)29-21-30(43(6,7)8)23-31(22-29)44(9,10)11/h16,18,20-23,25-27,32-34H,15,17,19,24H2,1-14H3,(H,46,49)(H,47,48)/b35-16-. The van der Waals surface area contributed by atoms with Gasteiger partial charge in [0.25, 0.3) is 11.8 Å². The Morgan fingerprint density at radius 1 is 0.902 bits per heavy atom. The van der Waals surface area contributed by atoms with Gasteiger partial charge in [-0.25, -0.2) is 0 Å². The molecule has 51 heavy (non-hydrogen) atoms. The van der Waals surface area contributed by atoms with Crippen molar-refractivity contribution >= 4 is 35.3 Å². The lowest BCUT2D eigenvalue weighted by molar-refractivity contribution is -0.117. The van der Waals surface area contributed by atoms with E-state index in [1.54, 1.807) is 23.5 Å². The maximum Gasteiger partial charge on any atom is 0.258 e. The van der Waals surface area contributed by atoms with Gasteiger partial charge in [0.1, 0.15) is 0 Å². The van der Waals surface area contributed by atoms with Crippen LogP contribution in [0.3, 0.4) is 0 Å². The third-order valence-electron chi connectivity index (χ3n) is 11.2. The number of hydrogen-bond donors (Lipinski definition) is 2. The lowest BCUT2D eigenvalue weighted by Gasteiger charge is -2.43. The summed E-state index contributed by atoms with van der Waals surface area (Å²) in [6.45, 7) is 32.3. The van der Waals surface area contributed by atoms with Gasteiger partial charge in [-0.3, -0.25) is 9.59 Å². The monoisotopic (exact) mass is 728 g/mol. The average Bonchev–Trinajstić information content (AvgIpc) is 3.72. The van der Waals surface area contributed by atoms with E-state index >= 15 is 0 Å². The second-order valence-corrected chi connectivity index (χ2v) is 21.6. The summed E-state index contributed by atoms with van der Waals surface area (Å²) in [6.07, 6.45) is 9.85. The summed E-state index contributed by atoms with van der Waals surface area (Å²) < 4.78 is 0. The molecule has 4 atom stereocenters. The van der Waals surface area contributed by atoms with Crippen molar-refractivity contribution in [2.45, 2.75) is 132 Å². The van der Waals surface area contributed by atoms with Gasteiger partial charge in [0.2, 0.25) is 0 Å². The molecule has 1 aliphatic carbocycles. The summed E-state index contributed by atoms with van der Waals surface area (Å²) >= 11 is 3.55. The van der Waals surface area contributed by atoms with Crippen LogP contribution in [-0.2, 0) is 20.4 Å². The lowest BCUT2D eigenvalue weighted by Crippen LogP contribution is -2.35. The molecule has 4 nitrogen and oxygen atoms in total. The smallest absolute Gasteiger partial charge is 0.258 e. The van der Waals surface area contributed by atoms with Gasteiger partial charge in [0.15, 0.2) is 0 Å². The minimum atomic E-state index is -0.183. The van der Waals surface area contributed by atoms with E-state index < -0.39 is 0 Å². The van der Waals surface area contributed by atoms with Crippen LogP contribution in [0.4, 0.5) is 0 Å². The molecule has 3 aliphatic heterocycles. The van der Waals surface area contributed by atoms with Crippen molar-refractivity contribution in [2.75, 3.05) is 5.75 Å². The first kappa shape index (κ1) is 39.8. The molecular weight excluding hydrogens is 665 g/mol. The highest BCUT2D eigenvalue weighted by atomic mass is 32.2. The molecule has 4 aliphatic rings. The Balaban J connectivity index is 1.45. The molecule has 4 unspecified atom stereocenters. The van der Waals surface area contributed by atoms with Crippen molar-refractivity contribution in [3.8, 4) is 0 Å². The highest BCUT2D eigenvalue weighted by molar-refractivity contribution is 8.04. The fourth-order valence-corrected chi connectivity index (χ4v) is 10.3. The predicted molar refractivity (Wildman–Crippen MR) is 220 cm³/mol. The van der Waals surface area contributed by atoms with Crippen LogP contribution in [0.15, 0.2) is 74.4 Å². The van der Waals surface area contributed by atoms with Crippen molar-refractivity contribution in [3.05, 3.63) is 91.0 Å². The first-order valence-corrected chi connectivity index (χ1v) is 21.1. The van der Waals surface area contributed by atoms with E-state index in [0.29, 0.717) is 52.1 Å². The molecule has 6 heteroatoms. The van der Waals surface area contributed by atoms with E-state index in [2.05, 4.69) is 144 Å². The van der Waals surface area contributed by atoms with E-state index in [0.717, 1.165) is 34.8 Å². The first-order valence-electron chi connectivity index (χ1n) is 19.2. The first-order chi connectivity index (χ1) is 23.6. The number of hydrogen-bond acceptors (Lipinski definition) is 4. The molecule has 278 valence electrons. The Morgan fingerprint density at radius 2 is 1.51 bits per heavy atom. The maximum atomic E-state index is 13.8. The predicted octanol–water partition coefficient (Wildman–Crippen LogP) is 11.7. The van der Waals surface area contributed by atoms with Gasteiger partial charge in [-0.15, -0.1) is 23.5 Å². The fourth-order valence-electron chi connectivity index (χ4n) is 8.05. The van der Waals surface area contributed by atoms with Gasteiger partial charge < -0.3 is 10.6 Å².